The molecule has 4 rings (SSSR count). The number of benzene rings is 2. The number of thiophene rings is 1. The quantitative estimate of drug-likeness (QED) is 0.711. The molecule has 2 atom stereocenters. The van der Waals surface area contributed by atoms with E-state index in [2.05, 4.69) is 0 Å². The molecule has 0 radical (unpaired) electrons. The molecular weight excluding hydrogens is 363 g/mol. The highest BCUT2D eigenvalue weighted by atomic mass is 32.1. The summed E-state index contributed by atoms with van der Waals surface area (Å²) in [4.78, 5) is 13.4. The monoisotopic (exact) mass is 380 g/mol. The van der Waals surface area contributed by atoms with Crippen LogP contribution >= 0.6 is 11.3 Å². The van der Waals surface area contributed by atoms with Gasteiger partial charge >= 0.3 is 5.97 Å². The van der Waals surface area contributed by atoms with Crippen molar-refractivity contribution in [2.45, 2.75) is 18.4 Å². The SMILES string of the molecule is CC1(C(=O)O)C(c2cccs2)C(c2ccc(F)cc2)=NN1c1ccccc1. The number of hydrogen-bond donors (Lipinski definition) is 1. The Labute approximate surface area is 160 Å². The molecule has 136 valence electrons. The molecule has 6 heteroatoms. The Morgan fingerprint density at radius 2 is 1.81 bits per heavy atom. The van der Waals surface area contributed by atoms with Crippen molar-refractivity contribution in [3.63, 3.8) is 0 Å². The molecule has 0 spiro atoms. The van der Waals surface area contributed by atoms with Gasteiger partial charge in [-0.3, -0.25) is 0 Å². The van der Waals surface area contributed by atoms with Crippen molar-refractivity contribution in [3.05, 3.63) is 88.4 Å². The summed E-state index contributed by atoms with van der Waals surface area (Å²) in [6.07, 6.45) is 0. The maximum atomic E-state index is 13.4. The van der Waals surface area contributed by atoms with Gasteiger partial charge in [-0.25, -0.2) is 14.2 Å². The van der Waals surface area contributed by atoms with E-state index < -0.39 is 17.4 Å². The number of nitrogens with zero attached hydrogens (tertiary/aromatic N) is 2. The van der Waals surface area contributed by atoms with Gasteiger partial charge < -0.3 is 5.11 Å². The predicted octanol–water partition coefficient (Wildman–Crippen LogP) is 4.74. The Bertz CT molecular complexity index is 987. The Morgan fingerprint density at radius 1 is 1.11 bits per heavy atom. The minimum absolute atomic E-state index is 0.342. The highest BCUT2D eigenvalue weighted by molar-refractivity contribution is 7.10. The minimum Gasteiger partial charge on any atom is -0.479 e. The average Bonchev–Trinajstić information content (AvgIpc) is 3.29. The van der Waals surface area contributed by atoms with Gasteiger partial charge in [0.15, 0.2) is 5.54 Å². The molecule has 1 aromatic heterocycles. The van der Waals surface area contributed by atoms with Gasteiger partial charge in [-0.15, -0.1) is 11.3 Å². The number of carbonyl (C=O) groups is 1. The highest BCUT2D eigenvalue weighted by Crippen LogP contribution is 2.45. The number of rotatable bonds is 4. The Morgan fingerprint density at radius 3 is 2.41 bits per heavy atom. The van der Waals surface area contributed by atoms with Crippen molar-refractivity contribution in [1.29, 1.82) is 0 Å². The molecule has 4 nitrogen and oxygen atoms in total. The summed E-state index contributed by atoms with van der Waals surface area (Å²) in [5.41, 5.74) is 0.712. The maximum Gasteiger partial charge on any atom is 0.332 e. The maximum absolute atomic E-state index is 13.4. The van der Waals surface area contributed by atoms with E-state index in [1.165, 1.54) is 23.5 Å². The van der Waals surface area contributed by atoms with Gasteiger partial charge in [0.2, 0.25) is 0 Å². The zero-order valence-corrected chi connectivity index (χ0v) is 15.4. The topological polar surface area (TPSA) is 52.9 Å². The van der Waals surface area contributed by atoms with E-state index in [-0.39, 0.29) is 5.82 Å². The number of halogens is 1. The van der Waals surface area contributed by atoms with E-state index in [4.69, 9.17) is 5.10 Å². The molecule has 2 aromatic carbocycles. The summed E-state index contributed by atoms with van der Waals surface area (Å²) >= 11 is 1.49. The van der Waals surface area contributed by atoms with Crippen molar-refractivity contribution in [1.82, 2.24) is 0 Å². The summed E-state index contributed by atoms with van der Waals surface area (Å²) in [6, 6.07) is 19.1. The van der Waals surface area contributed by atoms with E-state index in [0.717, 1.165) is 4.88 Å². The van der Waals surface area contributed by atoms with Gasteiger partial charge in [-0.05, 0) is 48.2 Å². The van der Waals surface area contributed by atoms with Crippen LogP contribution in [0.15, 0.2) is 77.2 Å². The van der Waals surface area contributed by atoms with E-state index in [9.17, 15) is 14.3 Å². The molecule has 0 aliphatic carbocycles. The van der Waals surface area contributed by atoms with Crippen LogP contribution in [-0.4, -0.2) is 22.3 Å². The first-order chi connectivity index (χ1) is 13.0. The smallest absolute Gasteiger partial charge is 0.332 e. The fourth-order valence-corrected chi connectivity index (χ4v) is 4.43. The molecule has 0 amide bonds. The van der Waals surface area contributed by atoms with Crippen LogP contribution in [0.4, 0.5) is 10.1 Å². The van der Waals surface area contributed by atoms with Crippen molar-refractivity contribution in [2.75, 3.05) is 5.01 Å². The minimum atomic E-state index is -1.31. The summed E-state index contributed by atoms with van der Waals surface area (Å²) < 4.78 is 13.4. The zero-order chi connectivity index (χ0) is 19.0. The number of hydrogen-bond acceptors (Lipinski definition) is 4. The lowest BCUT2D eigenvalue weighted by Gasteiger charge is -2.34. The molecule has 0 saturated heterocycles. The second kappa shape index (κ2) is 6.63. The number of hydrazone groups is 1. The Kier molecular flexibility index (Phi) is 4.28. The van der Waals surface area contributed by atoms with Crippen LogP contribution in [0.25, 0.3) is 0 Å². The van der Waals surface area contributed by atoms with E-state index in [0.29, 0.717) is 17.0 Å². The van der Waals surface area contributed by atoms with Gasteiger partial charge in [0.25, 0.3) is 0 Å². The van der Waals surface area contributed by atoms with Crippen molar-refractivity contribution in [2.24, 2.45) is 5.10 Å². The van der Waals surface area contributed by atoms with Crippen LogP contribution in [0, 0.1) is 5.82 Å². The van der Waals surface area contributed by atoms with E-state index in [1.807, 2.05) is 47.8 Å². The van der Waals surface area contributed by atoms with Crippen LogP contribution in [0.1, 0.15) is 23.3 Å². The van der Waals surface area contributed by atoms with Crippen LogP contribution in [-0.2, 0) is 4.79 Å². The molecule has 3 aromatic rings. The molecule has 1 aliphatic heterocycles. The normalized spacial score (nSPS) is 21.9. The molecule has 1 aliphatic rings. The van der Waals surface area contributed by atoms with Crippen molar-refractivity contribution in [3.8, 4) is 0 Å². The van der Waals surface area contributed by atoms with Crippen LogP contribution in [0.3, 0.4) is 0 Å². The van der Waals surface area contributed by atoms with Gasteiger partial charge in [-0.1, -0.05) is 36.4 Å². The fourth-order valence-electron chi connectivity index (χ4n) is 3.48. The second-order valence-corrected chi connectivity index (χ2v) is 7.52. The van der Waals surface area contributed by atoms with Crippen molar-refractivity contribution < 1.29 is 14.3 Å². The number of anilines is 1. The molecular formula is C21H17FN2O2S. The molecule has 0 fully saturated rings. The number of para-hydroxylation sites is 1. The molecule has 0 bridgehead atoms. The molecule has 0 saturated carbocycles. The molecule has 2 heterocycles. The second-order valence-electron chi connectivity index (χ2n) is 6.54. The van der Waals surface area contributed by atoms with Gasteiger partial charge in [-0.2, -0.15) is 5.10 Å². The summed E-state index contributed by atoms with van der Waals surface area (Å²) in [6.45, 7) is 1.69. The summed E-state index contributed by atoms with van der Waals surface area (Å²) in [7, 11) is 0. The highest BCUT2D eigenvalue weighted by Gasteiger charge is 2.55. The lowest BCUT2D eigenvalue weighted by Crippen LogP contribution is -2.51. The standard InChI is InChI=1S/C21H17FN2O2S/c1-21(20(25)26)18(17-8-5-13-27-17)19(14-9-11-15(22)12-10-14)23-24(21)16-6-3-2-4-7-16/h2-13,18H,1H3,(H,25,26). The first-order valence-electron chi connectivity index (χ1n) is 8.48. The Hall–Kier alpha value is -2.99. The van der Waals surface area contributed by atoms with Crippen LogP contribution in [0.2, 0.25) is 0 Å². The largest absolute Gasteiger partial charge is 0.479 e. The van der Waals surface area contributed by atoms with Crippen LogP contribution in [0.5, 0.6) is 0 Å². The predicted molar refractivity (Wildman–Crippen MR) is 105 cm³/mol. The average molecular weight is 380 g/mol. The molecule has 2 unspecified atom stereocenters. The van der Waals surface area contributed by atoms with E-state index in [1.54, 1.807) is 24.1 Å². The molecule has 27 heavy (non-hydrogen) atoms. The third-order valence-electron chi connectivity index (χ3n) is 4.88. The first-order valence-corrected chi connectivity index (χ1v) is 9.36. The number of carboxylic acids is 1. The zero-order valence-electron chi connectivity index (χ0n) is 14.5. The van der Waals surface area contributed by atoms with Gasteiger partial charge in [0, 0.05) is 4.88 Å². The van der Waals surface area contributed by atoms with Gasteiger partial charge in [0.05, 0.1) is 17.3 Å². The summed E-state index contributed by atoms with van der Waals surface area (Å²) in [5, 5.41) is 18.4. The number of carboxylic acid groups (broad SMARTS) is 1. The van der Waals surface area contributed by atoms with E-state index >= 15 is 0 Å². The third-order valence-corrected chi connectivity index (χ3v) is 5.82. The first kappa shape index (κ1) is 17.4. The third kappa shape index (κ3) is 2.82. The fraction of sp³-hybridized carbons (Fsp3) is 0.143. The summed E-state index contributed by atoms with van der Waals surface area (Å²) in [5.74, 6) is -1.79. The Balaban J connectivity index is 1.93. The van der Waals surface area contributed by atoms with Crippen molar-refractivity contribution >= 4 is 28.7 Å². The lowest BCUT2D eigenvalue weighted by molar-refractivity contribution is -0.142. The lowest BCUT2D eigenvalue weighted by atomic mass is 9.79. The molecule has 1 N–H and O–H groups in total. The van der Waals surface area contributed by atoms with Gasteiger partial charge in [0.1, 0.15) is 5.82 Å². The number of aliphatic carboxylic acids is 1. The van der Waals surface area contributed by atoms with Crippen LogP contribution < -0.4 is 5.01 Å².